The van der Waals surface area contributed by atoms with Crippen LogP contribution in [0.1, 0.15) is 13.3 Å². The van der Waals surface area contributed by atoms with Crippen LogP contribution in [0, 0.1) is 0 Å². The van der Waals surface area contributed by atoms with Gasteiger partial charge in [0.1, 0.15) is 0 Å². The Bertz CT molecular complexity index is 246. The molecule has 0 aromatic carbocycles. The number of allylic oxidation sites excluding steroid dienone is 3. The van der Waals surface area contributed by atoms with E-state index in [-0.39, 0.29) is 18.0 Å². The van der Waals surface area contributed by atoms with Crippen molar-refractivity contribution in [2.75, 3.05) is 0 Å². The molecule has 0 fully saturated rings. The van der Waals surface area contributed by atoms with E-state index < -0.39 is 0 Å². The Morgan fingerprint density at radius 2 is 2.10 bits per heavy atom. The lowest BCUT2D eigenvalue weighted by Crippen LogP contribution is -2.18. The molecule has 0 aliphatic heterocycles. The van der Waals surface area contributed by atoms with E-state index >= 15 is 0 Å². The highest BCUT2D eigenvalue weighted by molar-refractivity contribution is 6.44. The van der Waals surface area contributed by atoms with E-state index in [0.717, 1.165) is 5.57 Å². The standard InChI is InChI=1S/C8H8O2/c1-5-3-6(2)8(10)7(9)4-5/h3H,1,4H2,2H3. The quantitative estimate of drug-likeness (QED) is 0.466. The fraction of sp³-hybridized carbons (Fsp3) is 0.250. The first-order valence-electron chi connectivity index (χ1n) is 3.05. The minimum absolute atomic E-state index is 0.191. The summed E-state index contributed by atoms with van der Waals surface area (Å²) < 4.78 is 0. The Balaban J connectivity index is 3.03. The van der Waals surface area contributed by atoms with Crippen molar-refractivity contribution < 1.29 is 9.59 Å². The van der Waals surface area contributed by atoms with E-state index in [1.54, 1.807) is 13.0 Å². The summed E-state index contributed by atoms with van der Waals surface area (Å²) in [7, 11) is 0. The average molecular weight is 136 g/mol. The van der Waals surface area contributed by atoms with Crippen LogP contribution >= 0.6 is 0 Å². The maximum Gasteiger partial charge on any atom is 0.224 e. The predicted molar refractivity (Wildman–Crippen MR) is 37.5 cm³/mol. The van der Waals surface area contributed by atoms with Crippen molar-refractivity contribution in [3.63, 3.8) is 0 Å². The number of hydrogen-bond donors (Lipinski definition) is 0. The second-order valence-electron chi connectivity index (χ2n) is 2.41. The van der Waals surface area contributed by atoms with Crippen LogP contribution in [0.4, 0.5) is 0 Å². The Labute approximate surface area is 59.2 Å². The predicted octanol–water partition coefficient (Wildman–Crippen LogP) is 1.03. The van der Waals surface area contributed by atoms with Gasteiger partial charge in [-0.2, -0.15) is 0 Å². The molecule has 0 aromatic rings. The minimum atomic E-state index is -0.368. The molecule has 0 aromatic heterocycles. The van der Waals surface area contributed by atoms with Crippen LogP contribution in [0.2, 0.25) is 0 Å². The number of hydrogen-bond acceptors (Lipinski definition) is 2. The van der Waals surface area contributed by atoms with Crippen LogP contribution in [-0.2, 0) is 9.59 Å². The molecular formula is C8H8O2. The van der Waals surface area contributed by atoms with Crippen LogP contribution in [0.5, 0.6) is 0 Å². The zero-order chi connectivity index (χ0) is 7.72. The molecule has 1 aliphatic carbocycles. The highest BCUT2D eigenvalue weighted by atomic mass is 16.2. The first-order valence-corrected chi connectivity index (χ1v) is 3.05. The van der Waals surface area contributed by atoms with Crippen LogP contribution < -0.4 is 0 Å². The van der Waals surface area contributed by atoms with Crippen molar-refractivity contribution in [3.8, 4) is 0 Å². The summed E-state index contributed by atoms with van der Waals surface area (Å²) in [4.78, 5) is 21.6. The van der Waals surface area contributed by atoms with Crippen LogP contribution in [-0.4, -0.2) is 11.6 Å². The number of rotatable bonds is 0. The van der Waals surface area contributed by atoms with Crippen LogP contribution in [0.25, 0.3) is 0 Å². The van der Waals surface area contributed by atoms with E-state index in [1.807, 2.05) is 0 Å². The molecule has 0 amide bonds. The topological polar surface area (TPSA) is 34.1 Å². The lowest BCUT2D eigenvalue weighted by atomic mass is 9.95. The average Bonchev–Trinajstić information content (AvgIpc) is 1.82. The molecule has 0 heterocycles. The largest absolute Gasteiger partial charge is 0.290 e. The molecule has 2 heteroatoms. The summed E-state index contributed by atoms with van der Waals surface area (Å²) in [6.07, 6.45) is 1.85. The molecule has 0 N–H and O–H groups in total. The molecule has 0 saturated carbocycles. The zero-order valence-corrected chi connectivity index (χ0v) is 5.81. The van der Waals surface area contributed by atoms with E-state index in [2.05, 4.69) is 6.58 Å². The maximum absolute atomic E-state index is 10.8. The molecule has 2 nitrogen and oxygen atoms in total. The lowest BCUT2D eigenvalue weighted by Gasteiger charge is -2.07. The smallest absolute Gasteiger partial charge is 0.224 e. The molecule has 0 unspecified atom stereocenters. The molecule has 52 valence electrons. The van der Waals surface area contributed by atoms with E-state index in [9.17, 15) is 9.59 Å². The summed E-state index contributed by atoms with van der Waals surface area (Å²) in [5.74, 6) is -0.711. The Morgan fingerprint density at radius 1 is 1.50 bits per heavy atom. The molecule has 10 heavy (non-hydrogen) atoms. The van der Waals surface area contributed by atoms with Gasteiger partial charge in [0.15, 0.2) is 0 Å². The first kappa shape index (κ1) is 6.93. The molecule has 0 spiro atoms. The van der Waals surface area contributed by atoms with Crippen LogP contribution in [0.3, 0.4) is 0 Å². The van der Waals surface area contributed by atoms with Gasteiger partial charge in [-0.15, -0.1) is 0 Å². The molecule has 0 atom stereocenters. The van der Waals surface area contributed by atoms with Crippen molar-refractivity contribution in [3.05, 3.63) is 23.8 Å². The minimum Gasteiger partial charge on any atom is -0.290 e. The fourth-order valence-corrected chi connectivity index (χ4v) is 0.929. The normalized spacial score (nSPS) is 19.3. The van der Waals surface area contributed by atoms with Crippen molar-refractivity contribution in [2.24, 2.45) is 0 Å². The number of ketones is 2. The third kappa shape index (κ3) is 1.05. The first-order chi connectivity index (χ1) is 4.61. The van der Waals surface area contributed by atoms with Crippen molar-refractivity contribution in [1.29, 1.82) is 0 Å². The fourth-order valence-electron chi connectivity index (χ4n) is 0.929. The zero-order valence-electron chi connectivity index (χ0n) is 5.81. The van der Waals surface area contributed by atoms with Gasteiger partial charge in [0, 0.05) is 12.0 Å². The number of Topliss-reactive ketones (excluding diaryl/α,β-unsaturated/α-hetero) is 2. The number of carbonyl (C=O) groups excluding carboxylic acids is 2. The van der Waals surface area contributed by atoms with Gasteiger partial charge in [-0.3, -0.25) is 9.59 Å². The molecule has 1 rings (SSSR count). The molecule has 1 aliphatic rings. The van der Waals surface area contributed by atoms with Gasteiger partial charge in [0.2, 0.25) is 11.6 Å². The molecular weight excluding hydrogens is 128 g/mol. The molecule has 0 bridgehead atoms. The van der Waals surface area contributed by atoms with Gasteiger partial charge in [-0.1, -0.05) is 12.7 Å². The van der Waals surface area contributed by atoms with Crippen molar-refractivity contribution in [2.45, 2.75) is 13.3 Å². The van der Waals surface area contributed by atoms with Crippen molar-refractivity contribution in [1.82, 2.24) is 0 Å². The Kier molecular flexibility index (Phi) is 1.53. The van der Waals surface area contributed by atoms with Crippen molar-refractivity contribution >= 4 is 11.6 Å². The summed E-state index contributed by atoms with van der Waals surface area (Å²) in [6.45, 7) is 5.23. The maximum atomic E-state index is 10.8. The van der Waals surface area contributed by atoms with Gasteiger partial charge in [-0.05, 0) is 12.5 Å². The summed E-state index contributed by atoms with van der Waals surface area (Å²) in [6, 6.07) is 0. The van der Waals surface area contributed by atoms with E-state index in [1.165, 1.54) is 0 Å². The SMILES string of the molecule is C=C1C=C(C)C(=O)C(=O)C1. The monoisotopic (exact) mass is 136 g/mol. The van der Waals surface area contributed by atoms with Crippen LogP contribution in [0.15, 0.2) is 23.8 Å². The highest BCUT2D eigenvalue weighted by Crippen LogP contribution is 2.13. The molecule has 0 radical (unpaired) electrons. The van der Waals surface area contributed by atoms with Gasteiger partial charge in [-0.25, -0.2) is 0 Å². The third-order valence-electron chi connectivity index (χ3n) is 1.42. The van der Waals surface area contributed by atoms with Gasteiger partial charge in [0.05, 0.1) is 0 Å². The van der Waals surface area contributed by atoms with E-state index in [0.29, 0.717) is 5.57 Å². The summed E-state index contributed by atoms with van der Waals surface area (Å²) in [5, 5.41) is 0. The third-order valence-corrected chi connectivity index (χ3v) is 1.42. The molecule has 0 saturated heterocycles. The van der Waals surface area contributed by atoms with Gasteiger partial charge < -0.3 is 0 Å². The Hall–Kier alpha value is -1.18. The highest BCUT2D eigenvalue weighted by Gasteiger charge is 2.20. The summed E-state index contributed by atoms with van der Waals surface area (Å²) in [5.41, 5.74) is 1.23. The Morgan fingerprint density at radius 3 is 2.60 bits per heavy atom. The van der Waals surface area contributed by atoms with Gasteiger partial charge >= 0.3 is 0 Å². The van der Waals surface area contributed by atoms with Gasteiger partial charge in [0.25, 0.3) is 0 Å². The second-order valence-corrected chi connectivity index (χ2v) is 2.41. The van der Waals surface area contributed by atoms with E-state index in [4.69, 9.17) is 0 Å². The number of carbonyl (C=O) groups is 2. The summed E-state index contributed by atoms with van der Waals surface area (Å²) >= 11 is 0. The lowest BCUT2D eigenvalue weighted by molar-refractivity contribution is -0.134. The second kappa shape index (κ2) is 2.21.